The number of allylic oxidation sites excluding steroid dienone is 2. The molecule has 1 aromatic rings. The van der Waals surface area contributed by atoms with Gasteiger partial charge in [-0.25, -0.2) is 0 Å². The van der Waals surface area contributed by atoms with E-state index in [1.807, 2.05) is 0 Å². The Kier molecular flexibility index (Phi) is 10.9. The Morgan fingerprint density at radius 2 is 1.75 bits per heavy atom. The number of nitriles is 1. The number of halogens is 1. The van der Waals surface area contributed by atoms with Crippen molar-refractivity contribution < 1.29 is 9.13 Å². The third-order valence-electron chi connectivity index (χ3n) is 5.88. The summed E-state index contributed by atoms with van der Waals surface area (Å²) in [7, 11) is 0. The normalized spacial score (nSPS) is 20.1. The summed E-state index contributed by atoms with van der Waals surface area (Å²) in [6, 6.07) is 10.5. The van der Waals surface area contributed by atoms with Crippen LogP contribution in [-0.4, -0.2) is 6.10 Å². The van der Waals surface area contributed by atoms with Crippen molar-refractivity contribution in [3.63, 3.8) is 0 Å². The first-order chi connectivity index (χ1) is 13.7. The van der Waals surface area contributed by atoms with Gasteiger partial charge < -0.3 is 4.74 Å². The van der Waals surface area contributed by atoms with Crippen LogP contribution in [0.25, 0.3) is 0 Å². The second-order valence-electron chi connectivity index (χ2n) is 8.18. The SMILES string of the molecule is CCCCCCCc1ccc(CO[C@H]2CC[C@H](CCC=C(F)C#N)CC2)cc1. The van der Waals surface area contributed by atoms with Gasteiger partial charge in [-0.15, -0.1) is 0 Å². The average Bonchev–Trinajstić information content (AvgIpc) is 2.73. The molecule has 0 unspecified atom stereocenters. The summed E-state index contributed by atoms with van der Waals surface area (Å²) in [4.78, 5) is 0. The molecule has 2 nitrogen and oxygen atoms in total. The zero-order valence-electron chi connectivity index (χ0n) is 17.5. The molecule has 1 aliphatic carbocycles. The number of aryl methyl sites for hydroxylation is 1. The molecular formula is C25H36FNO. The molecule has 1 aliphatic rings. The van der Waals surface area contributed by atoms with Gasteiger partial charge in [-0.05, 0) is 74.5 Å². The first-order valence-corrected chi connectivity index (χ1v) is 11.2. The molecule has 0 aliphatic heterocycles. The van der Waals surface area contributed by atoms with Gasteiger partial charge in [0, 0.05) is 0 Å². The molecule has 0 N–H and O–H groups in total. The first-order valence-electron chi connectivity index (χ1n) is 11.2. The van der Waals surface area contributed by atoms with Crippen molar-refractivity contribution in [2.45, 2.75) is 96.7 Å². The lowest BCUT2D eigenvalue weighted by molar-refractivity contribution is 0.00645. The van der Waals surface area contributed by atoms with Gasteiger partial charge in [0.15, 0.2) is 5.83 Å². The van der Waals surface area contributed by atoms with Crippen LogP contribution in [0.5, 0.6) is 0 Å². The fraction of sp³-hybridized carbons (Fsp3) is 0.640. The largest absolute Gasteiger partial charge is 0.374 e. The molecule has 28 heavy (non-hydrogen) atoms. The number of ether oxygens (including phenoxy) is 1. The van der Waals surface area contributed by atoms with Crippen molar-refractivity contribution in [3.05, 3.63) is 47.3 Å². The minimum absolute atomic E-state index is 0.348. The van der Waals surface area contributed by atoms with Gasteiger partial charge in [-0.2, -0.15) is 9.65 Å². The van der Waals surface area contributed by atoms with E-state index in [2.05, 4.69) is 31.2 Å². The van der Waals surface area contributed by atoms with Crippen LogP contribution in [-0.2, 0) is 17.8 Å². The molecule has 154 valence electrons. The zero-order valence-corrected chi connectivity index (χ0v) is 17.5. The van der Waals surface area contributed by atoms with E-state index in [9.17, 15) is 4.39 Å². The van der Waals surface area contributed by atoms with Crippen molar-refractivity contribution in [2.24, 2.45) is 5.92 Å². The van der Waals surface area contributed by atoms with Crippen LogP contribution >= 0.6 is 0 Å². The fourth-order valence-corrected chi connectivity index (χ4v) is 4.03. The van der Waals surface area contributed by atoms with E-state index in [0.717, 1.165) is 32.1 Å². The van der Waals surface area contributed by atoms with Gasteiger partial charge in [0.05, 0.1) is 12.7 Å². The molecule has 0 amide bonds. The molecule has 0 saturated heterocycles. The maximum absolute atomic E-state index is 12.8. The van der Waals surface area contributed by atoms with Crippen LogP contribution in [0.4, 0.5) is 4.39 Å². The van der Waals surface area contributed by atoms with E-state index in [1.54, 1.807) is 0 Å². The maximum Gasteiger partial charge on any atom is 0.196 e. The highest BCUT2D eigenvalue weighted by molar-refractivity contribution is 5.22. The van der Waals surface area contributed by atoms with Gasteiger partial charge >= 0.3 is 0 Å². The van der Waals surface area contributed by atoms with Crippen molar-refractivity contribution in [3.8, 4) is 6.07 Å². The van der Waals surface area contributed by atoms with Gasteiger partial charge in [0.2, 0.25) is 0 Å². The summed E-state index contributed by atoms with van der Waals surface area (Å²) >= 11 is 0. The summed E-state index contributed by atoms with van der Waals surface area (Å²) in [6.07, 6.45) is 15.7. The summed E-state index contributed by atoms with van der Waals surface area (Å²) in [6.45, 7) is 2.95. The highest BCUT2D eigenvalue weighted by Crippen LogP contribution is 2.30. The second kappa shape index (κ2) is 13.5. The van der Waals surface area contributed by atoms with E-state index in [0.29, 0.717) is 25.0 Å². The summed E-state index contributed by atoms with van der Waals surface area (Å²) in [5.74, 6) is -0.0151. The highest BCUT2D eigenvalue weighted by Gasteiger charge is 2.21. The molecule has 1 fully saturated rings. The molecule has 0 atom stereocenters. The molecule has 0 bridgehead atoms. The number of hydrogen-bond acceptors (Lipinski definition) is 2. The standard InChI is InChI=1S/C25H36FNO/c1-2-3-4-5-6-8-21-11-13-23(14-12-21)20-28-25-17-15-22(16-18-25)9-7-10-24(26)19-27/h10-14,22,25H,2-9,15-18,20H2,1H3/t22-,25-. The van der Waals surface area contributed by atoms with E-state index in [4.69, 9.17) is 10.00 Å². The van der Waals surface area contributed by atoms with Crippen molar-refractivity contribution in [2.75, 3.05) is 0 Å². The lowest BCUT2D eigenvalue weighted by atomic mass is 9.84. The third-order valence-corrected chi connectivity index (χ3v) is 5.88. The topological polar surface area (TPSA) is 33.0 Å². The molecule has 1 aromatic carbocycles. The van der Waals surface area contributed by atoms with Crippen LogP contribution < -0.4 is 0 Å². The van der Waals surface area contributed by atoms with Crippen LogP contribution in [0, 0.1) is 17.2 Å². The summed E-state index contributed by atoms with van der Waals surface area (Å²) < 4.78 is 18.9. The monoisotopic (exact) mass is 385 g/mol. The molecule has 1 saturated carbocycles. The van der Waals surface area contributed by atoms with Crippen LogP contribution in [0.2, 0.25) is 0 Å². The van der Waals surface area contributed by atoms with E-state index >= 15 is 0 Å². The average molecular weight is 386 g/mol. The molecule has 0 heterocycles. The summed E-state index contributed by atoms with van der Waals surface area (Å²) in [5, 5.41) is 8.43. The molecule has 0 radical (unpaired) electrons. The number of unbranched alkanes of at least 4 members (excludes halogenated alkanes) is 4. The quantitative estimate of drug-likeness (QED) is 0.277. The van der Waals surface area contributed by atoms with E-state index in [1.165, 1.54) is 61.8 Å². The molecule has 2 rings (SSSR count). The summed E-state index contributed by atoms with van der Waals surface area (Å²) in [5.41, 5.74) is 2.69. The van der Waals surface area contributed by atoms with E-state index < -0.39 is 5.83 Å². The Balaban J connectivity index is 1.60. The van der Waals surface area contributed by atoms with E-state index in [-0.39, 0.29) is 0 Å². The van der Waals surface area contributed by atoms with Crippen molar-refractivity contribution >= 4 is 0 Å². The van der Waals surface area contributed by atoms with Crippen LogP contribution in [0.3, 0.4) is 0 Å². The van der Waals surface area contributed by atoms with Crippen molar-refractivity contribution in [1.29, 1.82) is 5.26 Å². The Morgan fingerprint density at radius 3 is 2.43 bits per heavy atom. The molecule has 0 aromatic heterocycles. The lowest BCUT2D eigenvalue weighted by Gasteiger charge is -2.28. The minimum Gasteiger partial charge on any atom is -0.374 e. The fourth-order valence-electron chi connectivity index (χ4n) is 4.03. The molecule has 3 heteroatoms. The van der Waals surface area contributed by atoms with Gasteiger partial charge in [0.1, 0.15) is 6.07 Å². The minimum atomic E-state index is -0.653. The predicted molar refractivity (Wildman–Crippen MR) is 113 cm³/mol. The van der Waals surface area contributed by atoms with Gasteiger partial charge in [0.25, 0.3) is 0 Å². The van der Waals surface area contributed by atoms with Crippen LogP contribution in [0.15, 0.2) is 36.2 Å². The van der Waals surface area contributed by atoms with Crippen LogP contribution in [0.1, 0.15) is 88.7 Å². The Morgan fingerprint density at radius 1 is 1.07 bits per heavy atom. The van der Waals surface area contributed by atoms with Gasteiger partial charge in [-0.1, -0.05) is 56.9 Å². The van der Waals surface area contributed by atoms with Crippen molar-refractivity contribution in [1.82, 2.24) is 0 Å². The Labute approximate surface area is 170 Å². The number of nitrogens with zero attached hydrogens (tertiary/aromatic N) is 1. The molecular weight excluding hydrogens is 349 g/mol. The predicted octanol–water partition coefficient (Wildman–Crippen LogP) is 7.43. The zero-order chi connectivity index (χ0) is 20.0. The maximum atomic E-state index is 12.8. The van der Waals surface area contributed by atoms with Gasteiger partial charge in [-0.3, -0.25) is 0 Å². The Bertz CT molecular complexity index is 608. The smallest absolute Gasteiger partial charge is 0.196 e. The second-order valence-corrected chi connectivity index (χ2v) is 8.18. The number of hydrogen-bond donors (Lipinski definition) is 0. The lowest BCUT2D eigenvalue weighted by Crippen LogP contribution is -2.21. The first kappa shape index (κ1) is 22.6. The molecule has 0 spiro atoms. The Hall–Kier alpha value is -1.66. The number of rotatable bonds is 12. The highest BCUT2D eigenvalue weighted by atomic mass is 19.1. The number of benzene rings is 1. The third kappa shape index (κ3) is 9.02.